The molecule has 0 spiro atoms. The van der Waals surface area contributed by atoms with Crippen molar-refractivity contribution in [3.8, 4) is 22.6 Å². The Kier molecular flexibility index (Phi) is 3.40. The van der Waals surface area contributed by atoms with Crippen molar-refractivity contribution in [1.29, 1.82) is 0 Å². The number of aromatic nitrogens is 3. The Labute approximate surface area is 154 Å². The summed E-state index contributed by atoms with van der Waals surface area (Å²) >= 11 is 0. The lowest BCUT2D eigenvalue weighted by Gasteiger charge is -2.05. The van der Waals surface area contributed by atoms with Gasteiger partial charge in [-0.3, -0.25) is 4.57 Å². The van der Waals surface area contributed by atoms with Crippen LogP contribution in [0.3, 0.4) is 0 Å². The molecule has 0 atom stereocenters. The minimum absolute atomic E-state index is 0.375. The van der Waals surface area contributed by atoms with Gasteiger partial charge in [0.1, 0.15) is 5.69 Å². The van der Waals surface area contributed by atoms with Crippen LogP contribution in [0.4, 0.5) is 0 Å². The molecule has 0 radical (unpaired) electrons. The van der Waals surface area contributed by atoms with Gasteiger partial charge in [0.05, 0.1) is 0 Å². The SMILES string of the molecule is C=CCn1c(-c2c[nH]c3ccccc23)c(-c2c[nH]c3ccccc23)oc1=O. The van der Waals surface area contributed by atoms with Crippen LogP contribution < -0.4 is 5.76 Å². The number of fused-ring (bicyclic) bond motifs is 2. The van der Waals surface area contributed by atoms with Crippen molar-refractivity contribution >= 4 is 21.8 Å². The van der Waals surface area contributed by atoms with Gasteiger partial charge >= 0.3 is 5.76 Å². The average molecular weight is 355 g/mol. The van der Waals surface area contributed by atoms with Gasteiger partial charge < -0.3 is 14.4 Å². The summed E-state index contributed by atoms with van der Waals surface area (Å²) in [7, 11) is 0. The van der Waals surface area contributed by atoms with Gasteiger partial charge in [-0.2, -0.15) is 0 Å². The molecule has 5 heteroatoms. The van der Waals surface area contributed by atoms with Crippen LogP contribution in [-0.4, -0.2) is 14.5 Å². The summed E-state index contributed by atoms with van der Waals surface area (Å²) in [5.74, 6) is 0.166. The molecule has 0 saturated carbocycles. The number of H-pyrrole nitrogens is 2. The second-order valence-electron chi connectivity index (χ2n) is 6.44. The van der Waals surface area contributed by atoms with E-state index in [9.17, 15) is 4.79 Å². The Hall–Kier alpha value is -3.73. The maximum absolute atomic E-state index is 12.6. The van der Waals surface area contributed by atoms with Gasteiger partial charge in [-0.05, 0) is 12.1 Å². The molecule has 0 saturated heterocycles. The summed E-state index contributed by atoms with van der Waals surface area (Å²) in [4.78, 5) is 19.2. The zero-order valence-corrected chi connectivity index (χ0v) is 14.5. The highest BCUT2D eigenvalue weighted by molar-refractivity contribution is 6.02. The lowest BCUT2D eigenvalue weighted by atomic mass is 10.0. The molecule has 2 N–H and O–H groups in total. The predicted octanol–water partition coefficient (Wildman–Crippen LogP) is 4.92. The van der Waals surface area contributed by atoms with Crippen LogP contribution in [0.2, 0.25) is 0 Å². The fourth-order valence-electron chi connectivity index (χ4n) is 3.68. The van der Waals surface area contributed by atoms with Crippen LogP contribution in [0, 0.1) is 0 Å². The van der Waals surface area contributed by atoms with E-state index < -0.39 is 5.76 Å². The average Bonchev–Trinajstić information content (AvgIpc) is 3.38. The van der Waals surface area contributed by atoms with Crippen LogP contribution in [0.25, 0.3) is 44.4 Å². The van der Waals surface area contributed by atoms with E-state index in [0.29, 0.717) is 12.3 Å². The lowest BCUT2D eigenvalue weighted by molar-refractivity contribution is 0.499. The number of rotatable bonds is 4. The smallest absolute Gasteiger partial charge is 0.407 e. The van der Waals surface area contributed by atoms with Crippen molar-refractivity contribution in [2.45, 2.75) is 6.54 Å². The third kappa shape index (κ3) is 2.29. The molecule has 2 aromatic carbocycles. The van der Waals surface area contributed by atoms with Crippen molar-refractivity contribution in [2.24, 2.45) is 0 Å². The molecule has 0 bridgehead atoms. The van der Waals surface area contributed by atoms with Crippen LogP contribution in [0.1, 0.15) is 0 Å². The van der Waals surface area contributed by atoms with E-state index in [0.717, 1.165) is 38.6 Å². The molecule has 0 aliphatic carbocycles. The van der Waals surface area contributed by atoms with E-state index in [1.807, 2.05) is 60.9 Å². The van der Waals surface area contributed by atoms with Gasteiger partial charge in [0, 0.05) is 51.9 Å². The number of hydrogen-bond acceptors (Lipinski definition) is 2. The second-order valence-corrected chi connectivity index (χ2v) is 6.44. The van der Waals surface area contributed by atoms with E-state index in [1.165, 1.54) is 0 Å². The molecule has 132 valence electrons. The van der Waals surface area contributed by atoms with E-state index in [2.05, 4.69) is 16.5 Å². The minimum Gasteiger partial charge on any atom is -0.407 e. The molecule has 5 nitrogen and oxygen atoms in total. The highest BCUT2D eigenvalue weighted by atomic mass is 16.4. The Balaban J connectivity index is 1.87. The van der Waals surface area contributed by atoms with Crippen LogP contribution in [-0.2, 0) is 6.54 Å². The van der Waals surface area contributed by atoms with Gasteiger partial charge in [-0.1, -0.05) is 42.5 Å². The summed E-state index contributed by atoms with van der Waals surface area (Å²) < 4.78 is 7.37. The normalized spacial score (nSPS) is 11.4. The number of benzene rings is 2. The molecule has 0 fully saturated rings. The molecule has 0 unspecified atom stereocenters. The van der Waals surface area contributed by atoms with Gasteiger partial charge in [-0.25, -0.2) is 4.79 Å². The quantitative estimate of drug-likeness (QED) is 0.449. The predicted molar refractivity (Wildman–Crippen MR) is 108 cm³/mol. The molecule has 0 amide bonds. The molecule has 5 rings (SSSR count). The Bertz CT molecular complexity index is 1350. The summed E-state index contributed by atoms with van der Waals surface area (Å²) in [6.45, 7) is 4.16. The second kappa shape index (κ2) is 5.92. The molecule has 0 aliphatic heterocycles. The molecule has 3 aromatic heterocycles. The van der Waals surface area contributed by atoms with E-state index in [-0.39, 0.29) is 0 Å². The standard InChI is InChI=1S/C22H17N3O2/c1-2-11-25-20(16-12-23-18-9-5-3-7-14(16)18)21(27-22(25)26)17-13-24-19-10-6-4-8-15(17)19/h2-10,12-13,23-24H,1,11H2. The summed E-state index contributed by atoms with van der Waals surface area (Å²) in [6, 6.07) is 16.0. The van der Waals surface area contributed by atoms with Crippen molar-refractivity contribution in [3.63, 3.8) is 0 Å². The zero-order chi connectivity index (χ0) is 18.4. The Morgan fingerprint density at radius 3 is 2.19 bits per heavy atom. The fraction of sp³-hybridized carbons (Fsp3) is 0.0455. The molecular formula is C22H17N3O2. The number of aromatic amines is 2. The van der Waals surface area contributed by atoms with Crippen molar-refractivity contribution in [2.75, 3.05) is 0 Å². The summed E-state index contributed by atoms with van der Waals surface area (Å²) in [6.07, 6.45) is 5.51. The van der Waals surface area contributed by atoms with E-state index >= 15 is 0 Å². The fourth-order valence-corrected chi connectivity index (χ4v) is 3.68. The third-order valence-electron chi connectivity index (χ3n) is 4.88. The van der Waals surface area contributed by atoms with Crippen LogP contribution >= 0.6 is 0 Å². The monoisotopic (exact) mass is 355 g/mol. The largest absolute Gasteiger partial charge is 0.420 e. The number of nitrogens with one attached hydrogen (secondary N) is 2. The number of para-hydroxylation sites is 2. The van der Waals surface area contributed by atoms with Gasteiger partial charge in [0.2, 0.25) is 0 Å². The van der Waals surface area contributed by atoms with E-state index in [1.54, 1.807) is 10.6 Å². The van der Waals surface area contributed by atoms with Crippen molar-refractivity contribution in [3.05, 3.63) is 84.1 Å². The first kappa shape index (κ1) is 15.5. The highest BCUT2D eigenvalue weighted by Gasteiger charge is 2.23. The molecule has 5 aromatic rings. The number of oxazole rings is 1. The molecule has 27 heavy (non-hydrogen) atoms. The van der Waals surface area contributed by atoms with Gasteiger partial charge in [0.15, 0.2) is 5.76 Å². The Morgan fingerprint density at radius 2 is 1.52 bits per heavy atom. The number of hydrogen-bond donors (Lipinski definition) is 2. The van der Waals surface area contributed by atoms with Crippen LogP contribution in [0.5, 0.6) is 0 Å². The topological polar surface area (TPSA) is 66.7 Å². The lowest BCUT2D eigenvalue weighted by Crippen LogP contribution is -2.14. The summed E-state index contributed by atoms with van der Waals surface area (Å²) in [5, 5.41) is 2.05. The first-order chi connectivity index (χ1) is 13.3. The summed E-state index contributed by atoms with van der Waals surface area (Å²) in [5.41, 5.74) is 4.55. The maximum atomic E-state index is 12.6. The van der Waals surface area contributed by atoms with E-state index in [4.69, 9.17) is 4.42 Å². The zero-order valence-electron chi connectivity index (χ0n) is 14.5. The first-order valence-electron chi connectivity index (χ1n) is 8.75. The minimum atomic E-state index is -0.393. The highest BCUT2D eigenvalue weighted by Crippen LogP contribution is 2.38. The Morgan fingerprint density at radius 1 is 0.926 bits per heavy atom. The number of allylic oxidation sites excluding steroid dienone is 1. The van der Waals surface area contributed by atoms with Gasteiger partial charge in [-0.15, -0.1) is 6.58 Å². The first-order valence-corrected chi connectivity index (χ1v) is 8.75. The van der Waals surface area contributed by atoms with Gasteiger partial charge in [0.25, 0.3) is 0 Å². The van der Waals surface area contributed by atoms with Crippen molar-refractivity contribution in [1.82, 2.24) is 14.5 Å². The molecule has 0 aliphatic rings. The van der Waals surface area contributed by atoms with Crippen molar-refractivity contribution < 1.29 is 4.42 Å². The maximum Gasteiger partial charge on any atom is 0.420 e. The molecular weight excluding hydrogens is 338 g/mol. The molecule has 3 heterocycles. The van der Waals surface area contributed by atoms with Crippen LogP contribution in [0.15, 0.2) is 82.8 Å². The third-order valence-corrected chi connectivity index (χ3v) is 4.88. The number of nitrogens with zero attached hydrogens (tertiary/aromatic N) is 1.